The molecule has 0 bridgehead atoms. The second kappa shape index (κ2) is 34.0. The van der Waals surface area contributed by atoms with Crippen LogP contribution in [0, 0.1) is 53.8 Å². The van der Waals surface area contributed by atoms with Crippen LogP contribution in [0.15, 0.2) is 24.3 Å². The summed E-state index contributed by atoms with van der Waals surface area (Å²) in [6.07, 6.45) is 27.6. The minimum Gasteiger partial charge on any atom is -0.489 e. The minimum absolute atomic E-state index is 0.0156. The van der Waals surface area contributed by atoms with E-state index in [9.17, 15) is 19.8 Å². The molecule has 10 heteroatoms. The van der Waals surface area contributed by atoms with Crippen molar-refractivity contribution in [1.82, 2.24) is 0 Å². The molecule has 0 spiro atoms. The van der Waals surface area contributed by atoms with Gasteiger partial charge in [0.2, 0.25) is 0 Å². The molecule has 2 aromatic rings. The molecule has 0 amide bonds. The van der Waals surface area contributed by atoms with Crippen molar-refractivity contribution < 1.29 is 48.2 Å². The van der Waals surface area contributed by atoms with Crippen molar-refractivity contribution in [2.24, 2.45) is 29.1 Å². The summed E-state index contributed by atoms with van der Waals surface area (Å²) < 4.78 is 39.5. The van der Waals surface area contributed by atoms with E-state index in [-0.39, 0.29) is 62.2 Å². The van der Waals surface area contributed by atoms with Crippen LogP contribution in [-0.2, 0) is 22.3 Å². The number of unbranched alkanes of at least 4 members (excludes halogenated alkanes) is 4. The minimum atomic E-state index is -1.17. The number of carboxylic acids is 2. The summed E-state index contributed by atoms with van der Waals surface area (Å²) in [5.41, 5.74) is -0.318. The number of carbonyl (C=O) groups is 2. The standard InChI is InChI=1S/C57H88O10/c1-11-21-25-43(17-7)37-64-51-31-29-47(55(58)59)49(53(51)66-39-45(19-9)27-23-13-3)35-57(41-62-33-15-5,42-63-34-16-6)36-50-48(56(60)61)30-32-52(65-38-44(18-8)26-22-12-2)54(50)67-40-46(20-10)28-24-14-4/h5-6,29-32,43-46H,11-14,17-28,33-42H2,1-4,7-10H3,(H,58,59)(H,60,61). The predicted molar refractivity (Wildman–Crippen MR) is 271 cm³/mol. The SMILES string of the molecule is C#CCOCC(COCC#C)(Cc1c(C(=O)O)ccc(OCC(CC)CCCC)c1OCC(CC)CCCC)Cc1c(C(=O)O)ccc(OCC(CC)CCCC)c1OCC(CC)CCCC. The summed E-state index contributed by atoms with van der Waals surface area (Å²) in [6, 6.07) is 6.56. The maximum atomic E-state index is 13.4. The molecule has 0 aromatic heterocycles. The van der Waals surface area contributed by atoms with Gasteiger partial charge >= 0.3 is 11.9 Å². The molecule has 0 aliphatic rings. The van der Waals surface area contributed by atoms with E-state index >= 15 is 0 Å². The summed E-state index contributed by atoms with van der Waals surface area (Å²) in [5.74, 6) is 5.53. The number of terminal acetylenes is 2. The maximum absolute atomic E-state index is 13.4. The fourth-order valence-corrected chi connectivity index (χ4v) is 8.63. The van der Waals surface area contributed by atoms with Gasteiger partial charge in [-0.25, -0.2) is 9.59 Å². The lowest BCUT2D eigenvalue weighted by molar-refractivity contribution is -0.00775. The van der Waals surface area contributed by atoms with Crippen LogP contribution in [0.2, 0.25) is 0 Å². The number of rotatable bonds is 40. The van der Waals surface area contributed by atoms with Crippen LogP contribution in [0.4, 0.5) is 0 Å². The van der Waals surface area contributed by atoms with Crippen molar-refractivity contribution in [1.29, 1.82) is 0 Å². The van der Waals surface area contributed by atoms with Crippen LogP contribution in [-0.4, -0.2) is 75.0 Å². The molecular formula is C57H88O10. The lowest BCUT2D eigenvalue weighted by Crippen LogP contribution is -2.39. The fourth-order valence-electron chi connectivity index (χ4n) is 8.63. The summed E-state index contributed by atoms with van der Waals surface area (Å²) in [4.78, 5) is 26.8. The highest BCUT2D eigenvalue weighted by Gasteiger charge is 2.39. The first kappa shape index (κ1) is 58.7. The largest absolute Gasteiger partial charge is 0.489 e. The molecule has 376 valence electrons. The van der Waals surface area contributed by atoms with Gasteiger partial charge in [0.1, 0.15) is 13.2 Å². The summed E-state index contributed by atoms with van der Waals surface area (Å²) in [6.45, 7) is 18.7. The van der Waals surface area contributed by atoms with E-state index in [0.29, 0.717) is 72.4 Å². The molecule has 2 rings (SSSR count). The molecule has 0 saturated carbocycles. The first-order valence-electron chi connectivity index (χ1n) is 25.8. The number of ether oxygens (including phenoxy) is 6. The number of hydrogen-bond donors (Lipinski definition) is 2. The van der Waals surface area contributed by atoms with Gasteiger partial charge in [-0.15, -0.1) is 12.8 Å². The van der Waals surface area contributed by atoms with Gasteiger partial charge in [-0.1, -0.05) is 144 Å². The van der Waals surface area contributed by atoms with Crippen LogP contribution in [0.1, 0.15) is 190 Å². The van der Waals surface area contributed by atoms with Gasteiger partial charge in [-0.05, 0) is 86.5 Å². The van der Waals surface area contributed by atoms with Crippen molar-refractivity contribution in [3.8, 4) is 47.7 Å². The Morgan fingerprint density at radius 1 is 0.522 bits per heavy atom. The van der Waals surface area contributed by atoms with Crippen molar-refractivity contribution >= 4 is 11.9 Å². The molecule has 2 aromatic carbocycles. The highest BCUT2D eigenvalue weighted by molar-refractivity contribution is 5.91. The van der Waals surface area contributed by atoms with Gasteiger partial charge in [-0.2, -0.15) is 0 Å². The zero-order valence-corrected chi connectivity index (χ0v) is 42.8. The molecule has 2 N–H and O–H groups in total. The Kier molecular flexibility index (Phi) is 29.8. The van der Waals surface area contributed by atoms with E-state index < -0.39 is 17.4 Å². The quantitative estimate of drug-likeness (QED) is 0.0492. The van der Waals surface area contributed by atoms with E-state index in [1.807, 2.05) is 0 Å². The van der Waals surface area contributed by atoms with E-state index in [1.54, 1.807) is 24.3 Å². The van der Waals surface area contributed by atoms with Crippen LogP contribution in [0.3, 0.4) is 0 Å². The molecular weight excluding hydrogens is 845 g/mol. The van der Waals surface area contributed by atoms with Crippen molar-refractivity contribution in [2.45, 2.75) is 171 Å². The third-order valence-corrected chi connectivity index (χ3v) is 13.2. The Labute approximate surface area is 406 Å². The summed E-state index contributed by atoms with van der Waals surface area (Å²) in [7, 11) is 0. The highest BCUT2D eigenvalue weighted by atomic mass is 16.5. The zero-order chi connectivity index (χ0) is 49.5. The monoisotopic (exact) mass is 933 g/mol. The van der Waals surface area contributed by atoms with Crippen LogP contribution >= 0.6 is 0 Å². The molecule has 67 heavy (non-hydrogen) atoms. The first-order chi connectivity index (χ1) is 32.4. The normalized spacial score (nSPS) is 13.2. The second-order valence-electron chi connectivity index (χ2n) is 18.6. The lowest BCUT2D eigenvalue weighted by atomic mass is 9.75. The molecule has 0 saturated heterocycles. The number of hydrogen-bond acceptors (Lipinski definition) is 8. The molecule has 0 aliphatic heterocycles. The van der Waals surface area contributed by atoms with Crippen molar-refractivity contribution in [3.63, 3.8) is 0 Å². The van der Waals surface area contributed by atoms with Crippen LogP contribution < -0.4 is 18.9 Å². The summed E-state index contributed by atoms with van der Waals surface area (Å²) in [5, 5.41) is 21.9. The third kappa shape index (κ3) is 20.4. The highest BCUT2D eigenvalue weighted by Crippen LogP contribution is 2.44. The molecule has 4 unspecified atom stereocenters. The van der Waals surface area contributed by atoms with Gasteiger partial charge in [-0.3, -0.25) is 0 Å². The van der Waals surface area contributed by atoms with Crippen LogP contribution in [0.5, 0.6) is 23.0 Å². The van der Waals surface area contributed by atoms with Gasteiger partial charge in [0.25, 0.3) is 0 Å². The lowest BCUT2D eigenvalue weighted by Gasteiger charge is -2.36. The molecule has 0 aliphatic carbocycles. The molecule has 0 fully saturated rings. The second-order valence-corrected chi connectivity index (χ2v) is 18.6. The third-order valence-electron chi connectivity index (χ3n) is 13.2. The Morgan fingerprint density at radius 3 is 1.10 bits per heavy atom. The smallest absolute Gasteiger partial charge is 0.336 e. The van der Waals surface area contributed by atoms with Crippen LogP contribution in [0.25, 0.3) is 0 Å². The Morgan fingerprint density at radius 2 is 0.836 bits per heavy atom. The Balaban J connectivity index is 3.09. The van der Waals surface area contributed by atoms with E-state index in [1.165, 1.54) is 0 Å². The molecule has 10 nitrogen and oxygen atoms in total. The van der Waals surface area contributed by atoms with Gasteiger partial charge in [0.05, 0.1) is 50.8 Å². The number of carboxylic acid groups (broad SMARTS) is 2. The van der Waals surface area contributed by atoms with Gasteiger partial charge in [0, 0.05) is 16.5 Å². The summed E-state index contributed by atoms with van der Waals surface area (Å²) >= 11 is 0. The Bertz CT molecular complexity index is 1660. The van der Waals surface area contributed by atoms with Gasteiger partial charge in [0.15, 0.2) is 23.0 Å². The van der Waals surface area contributed by atoms with E-state index in [2.05, 4.69) is 67.2 Å². The average molecular weight is 933 g/mol. The molecule has 0 heterocycles. The topological polar surface area (TPSA) is 130 Å². The maximum Gasteiger partial charge on any atom is 0.336 e. The average Bonchev–Trinajstić information content (AvgIpc) is 3.32. The molecule has 4 atom stereocenters. The van der Waals surface area contributed by atoms with E-state index in [4.69, 9.17) is 41.3 Å². The first-order valence-corrected chi connectivity index (χ1v) is 25.8. The fraction of sp³-hybridized carbons (Fsp3) is 0.684. The number of aromatic carboxylic acids is 2. The molecule has 0 radical (unpaired) electrons. The van der Waals surface area contributed by atoms with E-state index in [0.717, 1.165) is 103 Å². The zero-order valence-electron chi connectivity index (χ0n) is 42.8. The number of benzene rings is 2. The van der Waals surface area contributed by atoms with Crippen molar-refractivity contribution in [3.05, 3.63) is 46.5 Å². The predicted octanol–water partition coefficient (Wildman–Crippen LogP) is 13.5. The van der Waals surface area contributed by atoms with Crippen molar-refractivity contribution in [2.75, 3.05) is 52.9 Å². The Hall–Kier alpha value is -4.38. The van der Waals surface area contributed by atoms with Gasteiger partial charge < -0.3 is 38.6 Å².